The molecule has 2 amide bonds. The molecule has 1 heterocycles. The van der Waals surface area contributed by atoms with Crippen LogP contribution in [0.3, 0.4) is 0 Å². The van der Waals surface area contributed by atoms with Gasteiger partial charge < -0.3 is 16.4 Å². The Bertz CT molecular complexity index is 243. The van der Waals surface area contributed by atoms with Crippen molar-refractivity contribution in [1.29, 1.82) is 0 Å². The van der Waals surface area contributed by atoms with Crippen LogP contribution in [0.2, 0.25) is 0 Å². The molecule has 0 saturated carbocycles. The molecule has 15 heavy (non-hydrogen) atoms. The first-order valence-corrected chi connectivity index (χ1v) is 5.41. The molecule has 5 heteroatoms. The van der Waals surface area contributed by atoms with Gasteiger partial charge in [0.05, 0.1) is 6.04 Å². The predicted molar refractivity (Wildman–Crippen MR) is 57.1 cm³/mol. The Morgan fingerprint density at radius 3 is 3.07 bits per heavy atom. The molecular formula is C10H19N3O2. The minimum atomic E-state index is -0.343. The van der Waals surface area contributed by atoms with E-state index in [1.807, 2.05) is 6.92 Å². The van der Waals surface area contributed by atoms with Crippen LogP contribution < -0.4 is 16.4 Å². The van der Waals surface area contributed by atoms with E-state index >= 15 is 0 Å². The Labute approximate surface area is 89.8 Å². The summed E-state index contributed by atoms with van der Waals surface area (Å²) < 4.78 is 0. The third-order valence-corrected chi connectivity index (χ3v) is 2.53. The Hall–Kier alpha value is -1.10. The molecule has 1 aliphatic rings. The van der Waals surface area contributed by atoms with Crippen molar-refractivity contribution >= 4 is 11.8 Å². The molecule has 1 fully saturated rings. The summed E-state index contributed by atoms with van der Waals surface area (Å²) in [6, 6.07) is -0.224. The third-order valence-electron chi connectivity index (χ3n) is 2.53. The van der Waals surface area contributed by atoms with Crippen LogP contribution in [0.5, 0.6) is 0 Å². The molecule has 0 bridgehead atoms. The maximum atomic E-state index is 11.5. The number of nitrogens with one attached hydrogen (secondary N) is 2. The summed E-state index contributed by atoms with van der Waals surface area (Å²) in [7, 11) is 0. The lowest BCUT2D eigenvalue weighted by Gasteiger charge is -2.19. The lowest BCUT2D eigenvalue weighted by molar-refractivity contribution is -0.124. The molecule has 0 aromatic heterocycles. The second-order valence-corrected chi connectivity index (χ2v) is 4.08. The van der Waals surface area contributed by atoms with Crippen LogP contribution in [-0.4, -0.2) is 30.4 Å². The molecule has 1 aliphatic heterocycles. The summed E-state index contributed by atoms with van der Waals surface area (Å²) in [5.41, 5.74) is 5.08. The van der Waals surface area contributed by atoms with Gasteiger partial charge in [-0.2, -0.15) is 0 Å². The number of nitrogens with two attached hydrogens (primary N) is 1. The molecule has 1 saturated heterocycles. The molecular weight excluding hydrogens is 194 g/mol. The van der Waals surface area contributed by atoms with E-state index in [-0.39, 0.29) is 30.3 Å². The zero-order valence-corrected chi connectivity index (χ0v) is 9.08. The van der Waals surface area contributed by atoms with E-state index in [0.717, 1.165) is 25.8 Å². The maximum Gasteiger partial charge on any atom is 0.237 e. The summed E-state index contributed by atoms with van der Waals surface area (Å²) >= 11 is 0. The summed E-state index contributed by atoms with van der Waals surface area (Å²) in [5, 5.41) is 5.96. The lowest BCUT2D eigenvalue weighted by Crippen LogP contribution is -2.47. The van der Waals surface area contributed by atoms with Gasteiger partial charge in [-0.1, -0.05) is 0 Å². The summed E-state index contributed by atoms with van der Waals surface area (Å²) in [6.07, 6.45) is 3.15. The van der Waals surface area contributed by atoms with E-state index in [0.29, 0.717) is 0 Å². The van der Waals surface area contributed by atoms with E-state index in [1.165, 1.54) is 0 Å². The highest BCUT2D eigenvalue weighted by Gasteiger charge is 2.22. The fourth-order valence-electron chi connectivity index (χ4n) is 1.80. The predicted octanol–water partition coefficient (Wildman–Crippen LogP) is -0.491. The van der Waals surface area contributed by atoms with Crippen molar-refractivity contribution in [3.8, 4) is 0 Å². The summed E-state index contributed by atoms with van der Waals surface area (Å²) in [4.78, 5) is 22.2. The summed E-state index contributed by atoms with van der Waals surface area (Å²) in [5.74, 6) is -0.312. The van der Waals surface area contributed by atoms with E-state index in [1.54, 1.807) is 0 Å². The highest BCUT2D eigenvalue weighted by molar-refractivity contribution is 5.82. The van der Waals surface area contributed by atoms with Gasteiger partial charge in [-0.15, -0.1) is 0 Å². The van der Waals surface area contributed by atoms with Crippen molar-refractivity contribution in [1.82, 2.24) is 10.6 Å². The van der Waals surface area contributed by atoms with Crippen molar-refractivity contribution in [2.45, 2.75) is 44.7 Å². The smallest absolute Gasteiger partial charge is 0.237 e. The number of carbonyl (C=O) groups is 2. The van der Waals surface area contributed by atoms with Crippen LogP contribution in [0.4, 0.5) is 0 Å². The largest absolute Gasteiger partial charge is 0.370 e. The van der Waals surface area contributed by atoms with Crippen LogP contribution in [0.15, 0.2) is 0 Å². The standard InChI is InChI=1S/C10H19N3O2/c1-7(6-9(11)14)13-8-4-2-3-5-12-10(8)15/h7-8,13H,2-6H2,1H3,(H2,11,14)(H,12,15). The number of hydrogen-bond acceptors (Lipinski definition) is 3. The first-order chi connectivity index (χ1) is 7.09. The molecule has 0 radical (unpaired) electrons. The van der Waals surface area contributed by atoms with Gasteiger partial charge in [0.1, 0.15) is 0 Å². The second kappa shape index (κ2) is 5.70. The van der Waals surface area contributed by atoms with Gasteiger partial charge in [0.2, 0.25) is 11.8 Å². The number of amides is 2. The zero-order valence-electron chi connectivity index (χ0n) is 9.08. The van der Waals surface area contributed by atoms with E-state index in [4.69, 9.17) is 5.73 Å². The van der Waals surface area contributed by atoms with Gasteiger partial charge in [0, 0.05) is 19.0 Å². The minimum absolute atomic E-state index is 0.0313. The number of carbonyl (C=O) groups excluding carboxylic acids is 2. The van der Waals surface area contributed by atoms with Crippen LogP contribution in [0.25, 0.3) is 0 Å². The van der Waals surface area contributed by atoms with Gasteiger partial charge in [0.15, 0.2) is 0 Å². The fourth-order valence-corrected chi connectivity index (χ4v) is 1.80. The molecule has 2 unspecified atom stereocenters. The fraction of sp³-hybridized carbons (Fsp3) is 0.800. The van der Waals surface area contributed by atoms with Gasteiger partial charge in [-0.25, -0.2) is 0 Å². The molecule has 1 rings (SSSR count). The van der Waals surface area contributed by atoms with Crippen molar-refractivity contribution < 1.29 is 9.59 Å². The van der Waals surface area contributed by atoms with Crippen LogP contribution in [-0.2, 0) is 9.59 Å². The highest BCUT2D eigenvalue weighted by Crippen LogP contribution is 2.06. The van der Waals surface area contributed by atoms with E-state index in [9.17, 15) is 9.59 Å². The van der Waals surface area contributed by atoms with Gasteiger partial charge in [-0.05, 0) is 26.2 Å². The summed E-state index contributed by atoms with van der Waals surface area (Å²) in [6.45, 7) is 2.62. The quantitative estimate of drug-likeness (QED) is 0.589. The molecule has 0 aliphatic carbocycles. The van der Waals surface area contributed by atoms with Crippen LogP contribution >= 0.6 is 0 Å². The average molecular weight is 213 g/mol. The van der Waals surface area contributed by atoms with Crippen molar-refractivity contribution in [3.05, 3.63) is 0 Å². The van der Waals surface area contributed by atoms with Crippen LogP contribution in [0, 0.1) is 0 Å². The zero-order chi connectivity index (χ0) is 11.3. The molecule has 0 aromatic rings. The third kappa shape index (κ3) is 4.29. The number of hydrogen-bond donors (Lipinski definition) is 3. The Balaban J connectivity index is 2.40. The second-order valence-electron chi connectivity index (χ2n) is 4.08. The van der Waals surface area contributed by atoms with Crippen LogP contribution in [0.1, 0.15) is 32.6 Å². The lowest BCUT2D eigenvalue weighted by atomic mass is 10.1. The van der Waals surface area contributed by atoms with E-state index < -0.39 is 0 Å². The Morgan fingerprint density at radius 2 is 2.40 bits per heavy atom. The van der Waals surface area contributed by atoms with Crippen molar-refractivity contribution in [2.75, 3.05) is 6.54 Å². The SMILES string of the molecule is CC(CC(N)=O)NC1CCCCNC1=O. The molecule has 2 atom stereocenters. The topological polar surface area (TPSA) is 84.2 Å². The molecule has 0 spiro atoms. The normalized spacial score (nSPS) is 24.1. The van der Waals surface area contributed by atoms with Gasteiger partial charge in [0.25, 0.3) is 0 Å². The van der Waals surface area contributed by atoms with E-state index in [2.05, 4.69) is 10.6 Å². The average Bonchev–Trinajstić information content (AvgIpc) is 2.30. The number of rotatable bonds is 4. The molecule has 5 nitrogen and oxygen atoms in total. The highest BCUT2D eigenvalue weighted by atomic mass is 16.2. The monoisotopic (exact) mass is 213 g/mol. The minimum Gasteiger partial charge on any atom is -0.370 e. The van der Waals surface area contributed by atoms with Gasteiger partial charge in [-0.3, -0.25) is 9.59 Å². The molecule has 4 N–H and O–H groups in total. The first-order valence-electron chi connectivity index (χ1n) is 5.41. The van der Waals surface area contributed by atoms with Crippen molar-refractivity contribution in [3.63, 3.8) is 0 Å². The number of primary amides is 1. The molecule has 0 aromatic carbocycles. The van der Waals surface area contributed by atoms with Gasteiger partial charge >= 0.3 is 0 Å². The van der Waals surface area contributed by atoms with Crippen molar-refractivity contribution in [2.24, 2.45) is 5.73 Å². The molecule has 86 valence electrons. The first kappa shape index (κ1) is 12.0. The Kier molecular flexibility index (Phi) is 4.55. The Morgan fingerprint density at radius 1 is 1.67 bits per heavy atom. The maximum absolute atomic E-state index is 11.5.